The summed E-state index contributed by atoms with van der Waals surface area (Å²) >= 11 is 1.46. The zero-order chi connectivity index (χ0) is 23.4. The molecule has 4 aromatic rings. The van der Waals surface area contributed by atoms with Gasteiger partial charge in [-0.3, -0.25) is 4.79 Å². The van der Waals surface area contributed by atoms with Crippen molar-refractivity contribution < 1.29 is 18.8 Å². The predicted octanol–water partition coefficient (Wildman–Crippen LogP) is 5.49. The van der Waals surface area contributed by atoms with E-state index in [1.165, 1.54) is 11.3 Å². The monoisotopic (exact) mass is 463 g/mol. The summed E-state index contributed by atoms with van der Waals surface area (Å²) in [5.41, 5.74) is 4.51. The summed E-state index contributed by atoms with van der Waals surface area (Å²) in [6.45, 7) is 6.14. The zero-order valence-corrected chi connectivity index (χ0v) is 19.8. The zero-order valence-electron chi connectivity index (χ0n) is 19.0. The third-order valence-corrected chi connectivity index (χ3v) is 6.15. The molecule has 0 spiro atoms. The Hall–Kier alpha value is -3.65. The number of aryl methyl sites for hydroxylation is 3. The van der Waals surface area contributed by atoms with Gasteiger partial charge in [-0.15, -0.1) is 11.3 Å². The van der Waals surface area contributed by atoms with E-state index in [0.717, 1.165) is 50.2 Å². The van der Waals surface area contributed by atoms with Crippen molar-refractivity contribution in [1.82, 2.24) is 10.1 Å². The van der Waals surface area contributed by atoms with E-state index < -0.39 is 0 Å². The summed E-state index contributed by atoms with van der Waals surface area (Å²) in [6, 6.07) is 15.2. The molecule has 33 heavy (non-hydrogen) atoms. The molecule has 2 heterocycles. The van der Waals surface area contributed by atoms with Crippen LogP contribution in [0.3, 0.4) is 0 Å². The largest absolute Gasteiger partial charge is 0.497 e. The van der Waals surface area contributed by atoms with Crippen molar-refractivity contribution in [2.45, 2.75) is 33.8 Å². The second-order valence-corrected chi connectivity index (χ2v) is 8.82. The van der Waals surface area contributed by atoms with Gasteiger partial charge in [0.15, 0.2) is 5.13 Å². The summed E-state index contributed by atoms with van der Waals surface area (Å²) in [7, 11) is 1.64. The van der Waals surface area contributed by atoms with E-state index >= 15 is 0 Å². The number of ether oxygens (including phenoxy) is 2. The molecule has 0 saturated heterocycles. The number of anilines is 1. The van der Waals surface area contributed by atoms with Crippen molar-refractivity contribution in [2.24, 2.45) is 0 Å². The van der Waals surface area contributed by atoms with E-state index in [0.29, 0.717) is 11.7 Å². The molecule has 170 valence electrons. The van der Waals surface area contributed by atoms with Crippen LogP contribution in [0.5, 0.6) is 11.5 Å². The molecule has 0 atom stereocenters. The normalized spacial score (nSPS) is 10.8. The molecule has 0 unspecified atom stereocenters. The lowest BCUT2D eigenvalue weighted by atomic mass is 10.1. The number of nitrogens with one attached hydrogen (secondary N) is 1. The number of amides is 1. The number of methoxy groups -OCH3 is 1. The second kappa shape index (κ2) is 9.87. The number of carbonyl (C=O) groups is 1. The number of nitrogens with zero attached hydrogens (tertiary/aromatic N) is 2. The van der Waals surface area contributed by atoms with Crippen molar-refractivity contribution >= 4 is 22.4 Å². The molecule has 0 fully saturated rings. The van der Waals surface area contributed by atoms with Crippen molar-refractivity contribution in [2.75, 3.05) is 12.4 Å². The average Bonchev–Trinajstić information content (AvgIpc) is 3.34. The Morgan fingerprint density at radius 3 is 2.36 bits per heavy atom. The van der Waals surface area contributed by atoms with Crippen LogP contribution in [0.2, 0.25) is 0 Å². The van der Waals surface area contributed by atoms with Gasteiger partial charge in [-0.2, -0.15) is 0 Å². The minimum atomic E-state index is -0.116. The lowest BCUT2D eigenvalue weighted by Gasteiger charge is -2.07. The molecule has 8 heteroatoms. The topological polar surface area (TPSA) is 86.5 Å². The maximum Gasteiger partial charge on any atom is 0.230 e. The van der Waals surface area contributed by atoms with E-state index in [-0.39, 0.29) is 12.3 Å². The van der Waals surface area contributed by atoms with Gasteiger partial charge >= 0.3 is 0 Å². The Kier molecular flexibility index (Phi) is 6.74. The third-order valence-electron chi connectivity index (χ3n) is 5.26. The Bertz CT molecular complexity index is 1220. The predicted molar refractivity (Wildman–Crippen MR) is 128 cm³/mol. The van der Waals surface area contributed by atoms with Crippen molar-refractivity contribution in [3.63, 3.8) is 0 Å². The number of hydrogen-bond acceptors (Lipinski definition) is 7. The van der Waals surface area contributed by atoms with Gasteiger partial charge in [0.25, 0.3) is 0 Å². The van der Waals surface area contributed by atoms with Crippen LogP contribution in [-0.4, -0.2) is 23.2 Å². The van der Waals surface area contributed by atoms with E-state index in [2.05, 4.69) is 15.5 Å². The summed E-state index contributed by atoms with van der Waals surface area (Å²) in [6.07, 6.45) is 0.251. The molecule has 0 saturated carbocycles. The van der Waals surface area contributed by atoms with Crippen LogP contribution in [-0.2, 0) is 17.8 Å². The molecule has 2 aromatic carbocycles. The highest BCUT2D eigenvalue weighted by Gasteiger charge is 2.13. The highest BCUT2D eigenvalue weighted by atomic mass is 32.1. The fourth-order valence-corrected chi connectivity index (χ4v) is 4.23. The first kappa shape index (κ1) is 22.5. The van der Waals surface area contributed by atoms with Gasteiger partial charge in [-0.1, -0.05) is 17.3 Å². The highest BCUT2D eigenvalue weighted by molar-refractivity contribution is 7.16. The number of hydrogen-bond donors (Lipinski definition) is 1. The van der Waals surface area contributed by atoms with Crippen LogP contribution in [0, 0.1) is 20.8 Å². The maximum atomic E-state index is 12.6. The Balaban J connectivity index is 1.34. The van der Waals surface area contributed by atoms with Gasteiger partial charge in [-0.05, 0) is 62.7 Å². The first-order valence-corrected chi connectivity index (χ1v) is 11.3. The Morgan fingerprint density at radius 2 is 1.73 bits per heavy atom. The van der Waals surface area contributed by atoms with Gasteiger partial charge < -0.3 is 19.3 Å². The Morgan fingerprint density at radius 1 is 1.03 bits per heavy atom. The van der Waals surface area contributed by atoms with Crippen molar-refractivity contribution in [1.29, 1.82) is 0 Å². The lowest BCUT2D eigenvalue weighted by molar-refractivity contribution is -0.115. The van der Waals surface area contributed by atoms with Crippen molar-refractivity contribution in [3.8, 4) is 22.8 Å². The standard InChI is InChI=1S/C25H25N3O4S/c1-15-22(16(2)32-28-15)14-31-21-9-5-18(6-10-21)13-23(29)26-25-27-24(17(3)33-25)19-7-11-20(30-4)12-8-19/h5-12H,13-14H2,1-4H3,(H,26,27,29). The summed E-state index contributed by atoms with van der Waals surface area (Å²) in [5, 5.41) is 7.43. The van der Waals surface area contributed by atoms with E-state index in [4.69, 9.17) is 14.0 Å². The third kappa shape index (κ3) is 5.40. The molecule has 0 aliphatic carbocycles. The summed E-state index contributed by atoms with van der Waals surface area (Å²) in [5.74, 6) is 2.15. The lowest BCUT2D eigenvalue weighted by Crippen LogP contribution is -2.14. The highest BCUT2D eigenvalue weighted by Crippen LogP contribution is 2.31. The quantitative estimate of drug-likeness (QED) is 0.372. The average molecular weight is 464 g/mol. The Labute approximate surface area is 196 Å². The first-order chi connectivity index (χ1) is 15.9. The smallest absolute Gasteiger partial charge is 0.230 e. The number of carbonyl (C=O) groups excluding carboxylic acids is 1. The van der Waals surface area contributed by atoms with E-state index in [9.17, 15) is 4.79 Å². The SMILES string of the molecule is COc1ccc(-c2nc(NC(=O)Cc3ccc(OCc4c(C)noc4C)cc3)sc2C)cc1. The minimum Gasteiger partial charge on any atom is -0.497 e. The first-order valence-electron chi connectivity index (χ1n) is 10.5. The van der Waals surface area contributed by atoms with Crippen LogP contribution < -0.4 is 14.8 Å². The molecule has 0 radical (unpaired) electrons. The van der Waals surface area contributed by atoms with Crippen LogP contribution in [0.25, 0.3) is 11.3 Å². The molecule has 1 amide bonds. The van der Waals surface area contributed by atoms with Gasteiger partial charge in [0.05, 0.1) is 30.5 Å². The van der Waals surface area contributed by atoms with E-state index in [1.807, 2.05) is 69.3 Å². The molecular formula is C25H25N3O4S. The fourth-order valence-electron chi connectivity index (χ4n) is 3.38. The number of thiazole rings is 1. The van der Waals surface area contributed by atoms with Gasteiger partial charge in [0.1, 0.15) is 23.9 Å². The van der Waals surface area contributed by atoms with Gasteiger partial charge in [0, 0.05) is 10.4 Å². The molecule has 0 aliphatic rings. The second-order valence-electron chi connectivity index (χ2n) is 7.61. The molecule has 0 aliphatic heterocycles. The van der Waals surface area contributed by atoms with Gasteiger partial charge in [-0.25, -0.2) is 4.98 Å². The molecule has 0 bridgehead atoms. The number of benzene rings is 2. The van der Waals surface area contributed by atoms with Crippen molar-refractivity contribution in [3.05, 3.63) is 76.0 Å². The molecule has 7 nitrogen and oxygen atoms in total. The maximum absolute atomic E-state index is 12.6. The summed E-state index contributed by atoms with van der Waals surface area (Å²) in [4.78, 5) is 18.2. The van der Waals surface area contributed by atoms with Crippen LogP contribution in [0.15, 0.2) is 53.1 Å². The molecule has 1 N–H and O–H groups in total. The van der Waals surface area contributed by atoms with E-state index in [1.54, 1.807) is 7.11 Å². The number of aromatic nitrogens is 2. The number of rotatable bonds is 8. The van der Waals surface area contributed by atoms with Crippen LogP contribution >= 0.6 is 11.3 Å². The van der Waals surface area contributed by atoms with Crippen LogP contribution in [0.4, 0.5) is 5.13 Å². The molecule has 4 rings (SSSR count). The van der Waals surface area contributed by atoms with Crippen LogP contribution in [0.1, 0.15) is 27.5 Å². The minimum absolute atomic E-state index is 0.116. The fraction of sp³-hybridized carbons (Fsp3) is 0.240. The molecule has 2 aromatic heterocycles. The molecular weight excluding hydrogens is 438 g/mol. The summed E-state index contributed by atoms with van der Waals surface area (Å²) < 4.78 is 16.2. The van der Waals surface area contributed by atoms with Gasteiger partial charge in [0.2, 0.25) is 5.91 Å².